The highest BCUT2D eigenvalue weighted by molar-refractivity contribution is 5.96. The lowest BCUT2D eigenvalue weighted by atomic mass is 10.1. The van der Waals surface area contributed by atoms with Gasteiger partial charge in [-0.25, -0.2) is 9.50 Å². The van der Waals surface area contributed by atoms with Crippen LogP contribution in [-0.4, -0.2) is 51.6 Å². The largest absolute Gasteiger partial charge is 0.416 e. The molecule has 0 aliphatic carbocycles. The molecule has 0 radical (unpaired) electrons. The number of hydrogen-bond donors (Lipinski definition) is 0. The van der Waals surface area contributed by atoms with Gasteiger partial charge < -0.3 is 9.80 Å². The smallest absolute Gasteiger partial charge is 0.368 e. The van der Waals surface area contributed by atoms with E-state index in [1.807, 2.05) is 49.1 Å². The second kappa shape index (κ2) is 9.29. The lowest BCUT2D eigenvalue weighted by molar-refractivity contribution is -0.137. The Kier molecular flexibility index (Phi) is 6.15. The number of carbonyl (C=O) groups is 1. The number of halogens is 3. The molecule has 0 saturated carbocycles. The van der Waals surface area contributed by atoms with Gasteiger partial charge in [0.05, 0.1) is 22.5 Å². The first-order valence-corrected chi connectivity index (χ1v) is 11.9. The molecule has 4 aromatic rings. The minimum Gasteiger partial charge on any atom is -0.368 e. The highest BCUT2D eigenvalue weighted by atomic mass is 19.4. The van der Waals surface area contributed by atoms with Crippen molar-refractivity contribution >= 4 is 17.2 Å². The van der Waals surface area contributed by atoms with Crippen LogP contribution in [0.4, 0.5) is 18.9 Å². The monoisotopic (exact) mass is 493 g/mol. The predicted molar refractivity (Wildman–Crippen MR) is 132 cm³/mol. The molecule has 186 valence electrons. The molecule has 1 amide bonds. The summed E-state index contributed by atoms with van der Waals surface area (Å²) in [6.07, 6.45) is -2.16. The SMILES string of the molecule is CCc1c(C(=O)N2CCN(c3cccc(C(F)(F)F)c3)CC2)cnc2c(-c3ccccc3)c(C)nn12. The third-order valence-corrected chi connectivity index (χ3v) is 6.65. The van der Waals surface area contributed by atoms with Gasteiger partial charge in [0.1, 0.15) is 0 Å². The van der Waals surface area contributed by atoms with Gasteiger partial charge in [0.2, 0.25) is 0 Å². The van der Waals surface area contributed by atoms with Crippen molar-refractivity contribution in [1.82, 2.24) is 19.5 Å². The molecule has 1 fully saturated rings. The molecule has 0 unspecified atom stereocenters. The Hall–Kier alpha value is -3.88. The molecular formula is C27H26F3N5O. The maximum absolute atomic E-state index is 13.5. The molecule has 1 saturated heterocycles. The Morgan fingerprint density at radius 2 is 1.72 bits per heavy atom. The second-order valence-corrected chi connectivity index (χ2v) is 8.86. The van der Waals surface area contributed by atoms with Crippen molar-refractivity contribution in [3.63, 3.8) is 0 Å². The fourth-order valence-electron chi connectivity index (χ4n) is 4.82. The Morgan fingerprint density at radius 3 is 2.39 bits per heavy atom. The molecule has 0 N–H and O–H groups in total. The zero-order chi connectivity index (χ0) is 25.4. The van der Waals surface area contributed by atoms with Crippen LogP contribution in [0.3, 0.4) is 0 Å². The van der Waals surface area contributed by atoms with E-state index in [1.165, 1.54) is 6.07 Å². The number of fused-ring (bicyclic) bond motifs is 1. The lowest BCUT2D eigenvalue weighted by Crippen LogP contribution is -2.49. The Balaban J connectivity index is 1.39. The van der Waals surface area contributed by atoms with Crippen LogP contribution in [0.2, 0.25) is 0 Å². The average Bonchev–Trinajstić information content (AvgIpc) is 3.23. The summed E-state index contributed by atoms with van der Waals surface area (Å²) in [4.78, 5) is 21.7. The number of piperazine rings is 1. The molecule has 1 aliphatic heterocycles. The summed E-state index contributed by atoms with van der Waals surface area (Å²) in [7, 11) is 0. The Labute approximate surface area is 207 Å². The molecule has 6 nitrogen and oxygen atoms in total. The van der Waals surface area contributed by atoms with E-state index in [0.717, 1.165) is 34.6 Å². The quantitative estimate of drug-likeness (QED) is 0.390. The average molecular weight is 494 g/mol. The zero-order valence-electron chi connectivity index (χ0n) is 20.1. The number of rotatable bonds is 4. The topological polar surface area (TPSA) is 53.7 Å². The molecule has 2 aromatic heterocycles. The van der Waals surface area contributed by atoms with E-state index < -0.39 is 11.7 Å². The number of nitrogens with zero attached hydrogens (tertiary/aromatic N) is 5. The van der Waals surface area contributed by atoms with Crippen LogP contribution < -0.4 is 4.90 Å². The van der Waals surface area contributed by atoms with Crippen molar-refractivity contribution in [1.29, 1.82) is 0 Å². The first-order valence-electron chi connectivity index (χ1n) is 11.9. The first kappa shape index (κ1) is 23.8. The van der Waals surface area contributed by atoms with Gasteiger partial charge in [-0.3, -0.25) is 4.79 Å². The van der Waals surface area contributed by atoms with Crippen LogP contribution in [0.1, 0.15) is 34.2 Å². The summed E-state index contributed by atoms with van der Waals surface area (Å²) in [6, 6.07) is 15.2. The van der Waals surface area contributed by atoms with Crippen molar-refractivity contribution in [2.24, 2.45) is 0 Å². The number of anilines is 1. The standard InChI is InChI=1S/C27H26F3N5O/c1-3-23-22(17-31-25-24(18(2)32-35(23)25)19-8-5-4-6-9-19)26(36)34-14-12-33(13-15-34)21-11-7-10-20(16-21)27(28,29)30/h4-11,16-17H,3,12-15H2,1-2H3. The van der Waals surface area contributed by atoms with Crippen LogP contribution in [0.5, 0.6) is 0 Å². The van der Waals surface area contributed by atoms with Crippen LogP contribution in [0.25, 0.3) is 16.8 Å². The van der Waals surface area contributed by atoms with Gasteiger partial charge in [0.15, 0.2) is 5.65 Å². The van der Waals surface area contributed by atoms with Crippen LogP contribution >= 0.6 is 0 Å². The van der Waals surface area contributed by atoms with E-state index in [0.29, 0.717) is 49.5 Å². The first-order chi connectivity index (χ1) is 17.3. The van der Waals surface area contributed by atoms with Crippen molar-refractivity contribution in [2.45, 2.75) is 26.4 Å². The van der Waals surface area contributed by atoms with E-state index in [9.17, 15) is 18.0 Å². The fourth-order valence-corrected chi connectivity index (χ4v) is 4.82. The molecular weight excluding hydrogens is 467 g/mol. The molecule has 0 atom stereocenters. The number of alkyl halides is 3. The number of aromatic nitrogens is 3. The number of aryl methyl sites for hydroxylation is 2. The maximum atomic E-state index is 13.5. The van der Waals surface area contributed by atoms with Gasteiger partial charge in [-0.15, -0.1) is 0 Å². The zero-order valence-corrected chi connectivity index (χ0v) is 20.1. The van der Waals surface area contributed by atoms with Crippen molar-refractivity contribution in [3.8, 4) is 11.1 Å². The summed E-state index contributed by atoms with van der Waals surface area (Å²) in [5.74, 6) is -0.139. The molecule has 5 rings (SSSR count). The normalized spacial score (nSPS) is 14.5. The van der Waals surface area contributed by atoms with Crippen molar-refractivity contribution in [2.75, 3.05) is 31.1 Å². The predicted octanol–water partition coefficient (Wildman–Crippen LogP) is 5.25. The third kappa shape index (κ3) is 4.29. The van der Waals surface area contributed by atoms with Gasteiger partial charge in [-0.2, -0.15) is 18.3 Å². The minimum atomic E-state index is -4.39. The highest BCUT2D eigenvalue weighted by Gasteiger charge is 2.32. The Morgan fingerprint density at radius 1 is 1.00 bits per heavy atom. The summed E-state index contributed by atoms with van der Waals surface area (Å²) >= 11 is 0. The van der Waals surface area contributed by atoms with Gasteiger partial charge in [-0.1, -0.05) is 43.3 Å². The van der Waals surface area contributed by atoms with Gasteiger partial charge >= 0.3 is 6.18 Å². The van der Waals surface area contributed by atoms with E-state index in [-0.39, 0.29) is 5.91 Å². The summed E-state index contributed by atoms with van der Waals surface area (Å²) in [5.41, 5.74) is 4.63. The second-order valence-electron chi connectivity index (χ2n) is 8.86. The highest BCUT2D eigenvalue weighted by Crippen LogP contribution is 2.32. The number of hydrogen-bond acceptors (Lipinski definition) is 4. The fraction of sp³-hybridized carbons (Fsp3) is 0.296. The molecule has 3 heterocycles. The van der Waals surface area contributed by atoms with Crippen LogP contribution in [-0.2, 0) is 12.6 Å². The van der Waals surface area contributed by atoms with E-state index in [2.05, 4.69) is 4.98 Å². The van der Waals surface area contributed by atoms with Crippen molar-refractivity contribution in [3.05, 3.63) is 83.3 Å². The summed E-state index contributed by atoms with van der Waals surface area (Å²) < 4.78 is 41.1. The molecule has 2 aromatic carbocycles. The molecule has 0 spiro atoms. The van der Waals surface area contributed by atoms with E-state index >= 15 is 0 Å². The number of benzene rings is 2. The molecule has 9 heteroatoms. The van der Waals surface area contributed by atoms with Crippen molar-refractivity contribution < 1.29 is 18.0 Å². The molecule has 36 heavy (non-hydrogen) atoms. The van der Waals surface area contributed by atoms with E-state index in [1.54, 1.807) is 21.7 Å². The van der Waals surface area contributed by atoms with Gasteiger partial charge in [0.25, 0.3) is 5.91 Å². The van der Waals surface area contributed by atoms with Gasteiger partial charge in [0, 0.05) is 43.6 Å². The van der Waals surface area contributed by atoms with Gasteiger partial charge in [-0.05, 0) is 37.1 Å². The summed E-state index contributed by atoms with van der Waals surface area (Å²) in [5, 5.41) is 4.71. The maximum Gasteiger partial charge on any atom is 0.416 e. The minimum absolute atomic E-state index is 0.139. The van der Waals surface area contributed by atoms with Crippen LogP contribution in [0, 0.1) is 6.92 Å². The van der Waals surface area contributed by atoms with Crippen LogP contribution in [0.15, 0.2) is 60.8 Å². The number of carbonyl (C=O) groups excluding carboxylic acids is 1. The summed E-state index contributed by atoms with van der Waals surface area (Å²) in [6.45, 7) is 5.63. The Bertz CT molecular complexity index is 1410. The molecule has 0 bridgehead atoms. The third-order valence-electron chi connectivity index (χ3n) is 6.65. The molecule has 1 aliphatic rings. The van der Waals surface area contributed by atoms with E-state index in [4.69, 9.17) is 5.10 Å². The number of amides is 1. The lowest BCUT2D eigenvalue weighted by Gasteiger charge is -2.36.